The van der Waals surface area contributed by atoms with Crippen LogP contribution in [0.15, 0.2) is 53.4 Å². The molecule has 1 saturated heterocycles. The van der Waals surface area contributed by atoms with Crippen molar-refractivity contribution in [2.75, 3.05) is 32.8 Å². The highest BCUT2D eigenvalue weighted by molar-refractivity contribution is 7.89. The summed E-state index contributed by atoms with van der Waals surface area (Å²) in [5.41, 5.74) is 1.02. The first-order valence-electron chi connectivity index (χ1n) is 9.81. The Labute approximate surface area is 175 Å². The molecule has 0 N–H and O–H groups in total. The number of hydrogen-bond donors (Lipinski definition) is 0. The molecule has 2 heterocycles. The normalized spacial score (nSPS) is 17.4. The molecule has 2 aromatic carbocycles. The first-order chi connectivity index (χ1) is 14.0. The molecule has 1 aliphatic rings. The number of aromatic nitrogens is 1. The van der Waals surface area contributed by atoms with Crippen LogP contribution in [0.1, 0.15) is 24.9 Å². The lowest BCUT2D eigenvalue weighted by atomic mass is 10.2. The molecule has 0 bridgehead atoms. The van der Waals surface area contributed by atoms with Gasteiger partial charge >= 0.3 is 0 Å². The van der Waals surface area contributed by atoms with Gasteiger partial charge in [0.15, 0.2) is 0 Å². The molecule has 0 amide bonds. The van der Waals surface area contributed by atoms with E-state index >= 15 is 0 Å². The monoisotopic (exact) mass is 431 g/mol. The molecule has 3 aromatic rings. The van der Waals surface area contributed by atoms with Crippen LogP contribution in [0, 0.1) is 0 Å². The summed E-state index contributed by atoms with van der Waals surface area (Å²) in [5.74, 6) is 0.681. The first kappa shape index (κ1) is 20.3. The van der Waals surface area contributed by atoms with Gasteiger partial charge in [0.25, 0.3) is 0 Å². The molecule has 0 radical (unpaired) electrons. The van der Waals surface area contributed by atoms with E-state index in [1.165, 1.54) is 4.70 Å². The summed E-state index contributed by atoms with van der Waals surface area (Å²) in [5, 5.41) is 1.08. The Balaban J connectivity index is 1.42. The standard InChI is InChI=1S/C21H25N3O3S2/c1-3-27-17-8-10-18(11-9-17)29(25,26)24-14-12-23(13-15-24)16(2)21-22-19-6-4-5-7-20(19)28-21/h4-11,16H,3,12-15H2,1-2H3. The predicted octanol–water partition coefficient (Wildman–Crippen LogP) is 3.76. The molecule has 1 aliphatic heterocycles. The van der Waals surface area contributed by atoms with Gasteiger partial charge in [0.1, 0.15) is 10.8 Å². The molecule has 1 aromatic heterocycles. The van der Waals surface area contributed by atoms with Crippen LogP contribution in [-0.4, -0.2) is 55.4 Å². The number of hydrogen-bond acceptors (Lipinski definition) is 6. The van der Waals surface area contributed by atoms with Gasteiger partial charge in [-0.15, -0.1) is 11.3 Å². The number of fused-ring (bicyclic) bond motifs is 1. The zero-order chi connectivity index (χ0) is 20.4. The Morgan fingerprint density at radius 2 is 1.76 bits per heavy atom. The summed E-state index contributed by atoms with van der Waals surface area (Å²) in [6.45, 7) is 6.94. The topological polar surface area (TPSA) is 62.7 Å². The van der Waals surface area contributed by atoms with Crippen molar-refractivity contribution in [2.24, 2.45) is 0 Å². The number of ether oxygens (including phenoxy) is 1. The molecule has 1 unspecified atom stereocenters. The minimum atomic E-state index is -3.49. The molecule has 154 valence electrons. The van der Waals surface area contributed by atoms with E-state index in [4.69, 9.17) is 9.72 Å². The Bertz CT molecular complexity index is 1040. The summed E-state index contributed by atoms with van der Waals surface area (Å²) in [4.78, 5) is 7.38. The first-order valence-corrected chi connectivity index (χ1v) is 12.1. The van der Waals surface area contributed by atoms with Crippen LogP contribution in [0.2, 0.25) is 0 Å². The summed E-state index contributed by atoms with van der Waals surface area (Å²) >= 11 is 1.71. The third-order valence-electron chi connectivity index (χ3n) is 5.26. The van der Waals surface area contributed by atoms with Crippen molar-refractivity contribution in [1.82, 2.24) is 14.2 Å². The molecule has 0 spiro atoms. The van der Waals surface area contributed by atoms with Crippen molar-refractivity contribution in [3.63, 3.8) is 0 Å². The van der Waals surface area contributed by atoms with Gasteiger partial charge in [-0.05, 0) is 50.2 Å². The molecule has 0 aliphatic carbocycles. The largest absolute Gasteiger partial charge is 0.494 e. The highest BCUT2D eigenvalue weighted by atomic mass is 32.2. The van der Waals surface area contributed by atoms with Crippen LogP contribution in [0.5, 0.6) is 5.75 Å². The zero-order valence-electron chi connectivity index (χ0n) is 16.6. The molecule has 1 fully saturated rings. The van der Waals surface area contributed by atoms with E-state index in [9.17, 15) is 8.42 Å². The number of para-hydroxylation sites is 1. The second kappa shape index (κ2) is 8.39. The van der Waals surface area contributed by atoms with Crippen LogP contribution in [-0.2, 0) is 10.0 Å². The van der Waals surface area contributed by atoms with Crippen LogP contribution in [0.3, 0.4) is 0 Å². The number of rotatable bonds is 6. The Morgan fingerprint density at radius 1 is 1.07 bits per heavy atom. The van der Waals surface area contributed by atoms with Crippen molar-refractivity contribution in [2.45, 2.75) is 24.8 Å². The summed E-state index contributed by atoms with van der Waals surface area (Å²) in [7, 11) is -3.49. The highest BCUT2D eigenvalue weighted by Gasteiger charge is 2.31. The average Bonchev–Trinajstić information content (AvgIpc) is 3.18. The van der Waals surface area contributed by atoms with Gasteiger partial charge in [-0.3, -0.25) is 4.90 Å². The summed E-state index contributed by atoms with van der Waals surface area (Å²) in [6, 6.07) is 15.0. The van der Waals surface area contributed by atoms with E-state index in [-0.39, 0.29) is 6.04 Å². The number of sulfonamides is 1. The number of benzene rings is 2. The molecule has 8 heteroatoms. The van der Waals surface area contributed by atoms with Crippen LogP contribution >= 0.6 is 11.3 Å². The van der Waals surface area contributed by atoms with Crippen LogP contribution in [0.25, 0.3) is 10.2 Å². The number of piperazine rings is 1. The highest BCUT2D eigenvalue weighted by Crippen LogP contribution is 2.30. The van der Waals surface area contributed by atoms with Gasteiger partial charge in [-0.25, -0.2) is 13.4 Å². The molecular weight excluding hydrogens is 406 g/mol. The maximum Gasteiger partial charge on any atom is 0.243 e. The minimum absolute atomic E-state index is 0.169. The average molecular weight is 432 g/mol. The Morgan fingerprint density at radius 3 is 2.41 bits per heavy atom. The molecule has 6 nitrogen and oxygen atoms in total. The van der Waals surface area contributed by atoms with Gasteiger partial charge in [-0.1, -0.05) is 12.1 Å². The SMILES string of the molecule is CCOc1ccc(S(=O)(=O)N2CCN(C(C)c3nc4ccccc4s3)CC2)cc1. The fourth-order valence-electron chi connectivity index (χ4n) is 3.58. The molecule has 29 heavy (non-hydrogen) atoms. The van der Waals surface area contributed by atoms with Crippen LogP contribution < -0.4 is 4.74 Å². The van der Waals surface area contributed by atoms with Gasteiger partial charge in [0.05, 0.1) is 27.8 Å². The van der Waals surface area contributed by atoms with Gasteiger partial charge in [-0.2, -0.15) is 4.31 Å². The second-order valence-electron chi connectivity index (χ2n) is 7.04. The lowest BCUT2D eigenvalue weighted by molar-refractivity contribution is 0.146. The maximum absolute atomic E-state index is 13.0. The number of nitrogens with zero attached hydrogens (tertiary/aromatic N) is 3. The fraction of sp³-hybridized carbons (Fsp3) is 0.381. The molecule has 0 saturated carbocycles. The van der Waals surface area contributed by atoms with E-state index in [2.05, 4.69) is 17.9 Å². The van der Waals surface area contributed by atoms with Crippen molar-refractivity contribution < 1.29 is 13.2 Å². The lowest BCUT2D eigenvalue weighted by Gasteiger charge is -2.36. The number of thiazole rings is 1. The molecule has 1 atom stereocenters. The van der Waals surface area contributed by atoms with E-state index in [1.807, 2.05) is 25.1 Å². The van der Waals surface area contributed by atoms with E-state index in [0.29, 0.717) is 43.4 Å². The minimum Gasteiger partial charge on any atom is -0.494 e. The maximum atomic E-state index is 13.0. The third-order valence-corrected chi connectivity index (χ3v) is 8.38. The quantitative estimate of drug-likeness (QED) is 0.595. The Kier molecular flexibility index (Phi) is 5.87. The predicted molar refractivity (Wildman–Crippen MR) is 116 cm³/mol. The Hall–Kier alpha value is -2.00. The van der Waals surface area contributed by atoms with Crippen molar-refractivity contribution >= 4 is 31.6 Å². The second-order valence-corrected chi connectivity index (χ2v) is 10.0. The van der Waals surface area contributed by atoms with Crippen molar-refractivity contribution in [3.05, 3.63) is 53.5 Å². The van der Waals surface area contributed by atoms with E-state index < -0.39 is 10.0 Å². The van der Waals surface area contributed by atoms with Gasteiger partial charge < -0.3 is 4.74 Å². The van der Waals surface area contributed by atoms with Crippen molar-refractivity contribution in [1.29, 1.82) is 0 Å². The lowest BCUT2D eigenvalue weighted by Crippen LogP contribution is -2.49. The van der Waals surface area contributed by atoms with Gasteiger partial charge in [0, 0.05) is 26.2 Å². The smallest absolute Gasteiger partial charge is 0.243 e. The molecular formula is C21H25N3O3S2. The van der Waals surface area contributed by atoms with Gasteiger partial charge in [0.2, 0.25) is 10.0 Å². The van der Waals surface area contributed by atoms with Crippen molar-refractivity contribution in [3.8, 4) is 5.75 Å². The molecule has 4 rings (SSSR count). The summed E-state index contributed by atoms with van der Waals surface area (Å²) < 4.78 is 34.1. The fourth-order valence-corrected chi connectivity index (χ4v) is 6.06. The third kappa shape index (κ3) is 4.16. The summed E-state index contributed by atoms with van der Waals surface area (Å²) in [6.07, 6.45) is 0. The van der Waals surface area contributed by atoms with Crippen LogP contribution in [0.4, 0.5) is 0 Å². The zero-order valence-corrected chi connectivity index (χ0v) is 18.2. The van der Waals surface area contributed by atoms with E-state index in [0.717, 1.165) is 10.5 Å². The van der Waals surface area contributed by atoms with E-state index in [1.54, 1.807) is 39.9 Å².